The summed E-state index contributed by atoms with van der Waals surface area (Å²) in [5.74, 6) is 1.62. The number of tetrazole rings is 1. The topological polar surface area (TPSA) is 46.8 Å². The molecule has 1 fully saturated rings. The highest BCUT2D eigenvalue weighted by Crippen LogP contribution is 2.26. The minimum atomic E-state index is 0.546. The first-order valence-electron chi connectivity index (χ1n) is 4.69. The zero-order valence-electron chi connectivity index (χ0n) is 8.30. The highest BCUT2D eigenvalue weighted by Gasteiger charge is 2.30. The number of hydrogen-bond donors (Lipinski definition) is 0. The van der Waals surface area contributed by atoms with Crippen molar-refractivity contribution in [2.45, 2.75) is 26.3 Å². The van der Waals surface area contributed by atoms with Gasteiger partial charge in [0.05, 0.1) is 0 Å². The van der Waals surface area contributed by atoms with Crippen molar-refractivity contribution in [2.75, 3.05) is 11.4 Å². The summed E-state index contributed by atoms with van der Waals surface area (Å²) in [6.45, 7) is 5.57. The van der Waals surface area contributed by atoms with E-state index >= 15 is 0 Å². The largest absolute Gasteiger partial charge is 0.337 e. The number of rotatable bonds is 1. The number of anilines is 1. The van der Waals surface area contributed by atoms with Crippen LogP contribution in [0.25, 0.3) is 0 Å². The Hall–Kier alpha value is -1.13. The zero-order valence-corrected chi connectivity index (χ0v) is 8.30. The molecule has 0 saturated carbocycles. The van der Waals surface area contributed by atoms with Crippen molar-refractivity contribution in [3.05, 3.63) is 0 Å². The summed E-state index contributed by atoms with van der Waals surface area (Å²) in [5.41, 5.74) is 0. The van der Waals surface area contributed by atoms with Gasteiger partial charge in [-0.2, -0.15) is 0 Å². The molecule has 1 aromatic rings. The average molecular weight is 181 g/mol. The Morgan fingerprint density at radius 2 is 2.15 bits per heavy atom. The van der Waals surface area contributed by atoms with Crippen molar-refractivity contribution in [1.82, 2.24) is 20.2 Å². The van der Waals surface area contributed by atoms with Crippen LogP contribution < -0.4 is 4.90 Å². The van der Waals surface area contributed by atoms with Gasteiger partial charge in [0.15, 0.2) is 0 Å². The predicted octanol–water partition coefficient (Wildman–Crippen LogP) is 0.445. The molecule has 2 rings (SSSR count). The van der Waals surface area contributed by atoms with Gasteiger partial charge in [-0.15, -0.1) is 0 Å². The molecule has 5 heteroatoms. The molecule has 2 unspecified atom stereocenters. The molecule has 13 heavy (non-hydrogen) atoms. The Balaban J connectivity index is 2.23. The van der Waals surface area contributed by atoms with E-state index in [-0.39, 0.29) is 0 Å². The van der Waals surface area contributed by atoms with Gasteiger partial charge in [0, 0.05) is 19.6 Å². The molecule has 72 valence electrons. The second-order valence-electron chi connectivity index (χ2n) is 3.80. The van der Waals surface area contributed by atoms with Crippen LogP contribution in [-0.4, -0.2) is 32.8 Å². The molecule has 0 spiro atoms. The third kappa shape index (κ3) is 1.28. The minimum absolute atomic E-state index is 0.546. The van der Waals surface area contributed by atoms with E-state index < -0.39 is 0 Å². The number of nitrogens with zero attached hydrogens (tertiary/aromatic N) is 5. The van der Waals surface area contributed by atoms with Crippen LogP contribution in [0.15, 0.2) is 0 Å². The minimum Gasteiger partial charge on any atom is -0.337 e. The first-order valence-corrected chi connectivity index (χ1v) is 4.69. The van der Waals surface area contributed by atoms with Gasteiger partial charge in [-0.3, -0.25) is 0 Å². The molecule has 1 aliphatic rings. The summed E-state index contributed by atoms with van der Waals surface area (Å²) in [6, 6.07) is 0.546. The van der Waals surface area contributed by atoms with Crippen molar-refractivity contribution >= 4 is 5.95 Å². The summed E-state index contributed by atoms with van der Waals surface area (Å²) in [4.78, 5) is 2.27. The molecule has 1 aliphatic heterocycles. The van der Waals surface area contributed by atoms with Crippen molar-refractivity contribution in [3.63, 3.8) is 0 Å². The quantitative estimate of drug-likeness (QED) is 0.631. The number of aromatic nitrogens is 4. The van der Waals surface area contributed by atoms with Crippen LogP contribution in [0.1, 0.15) is 20.3 Å². The van der Waals surface area contributed by atoms with E-state index in [4.69, 9.17) is 0 Å². The van der Waals surface area contributed by atoms with Crippen LogP contribution in [-0.2, 0) is 7.05 Å². The second-order valence-corrected chi connectivity index (χ2v) is 3.80. The third-order valence-electron chi connectivity index (χ3n) is 3.00. The van der Waals surface area contributed by atoms with Gasteiger partial charge < -0.3 is 4.90 Å². The Bertz CT molecular complexity index is 294. The van der Waals surface area contributed by atoms with Crippen LogP contribution in [0.4, 0.5) is 5.95 Å². The molecular weight excluding hydrogens is 166 g/mol. The van der Waals surface area contributed by atoms with Crippen molar-refractivity contribution in [3.8, 4) is 0 Å². The van der Waals surface area contributed by atoms with Gasteiger partial charge in [-0.05, 0) is 29.7 Å². The average Bonchev–Trinajstić information content (AvgIpc) is 2.62. The molecule has 1 saturated heterocycles. The van der Waals surface area contributed by atoms with Crippen LogP contribution >= 0.6 is 0 Å². The monoisotopic (exact) mass is 181 g/mol. The third-order valence-corrected chi connectivity index (χ3v) is 3.00. The first kappa shape index (κ1) is 8.47. The fourth-order valence-corrected chi connectivity index (χ4v) is 1.84. The van der Waals surface area contributed by atoms with Crippen molar-refractivity contribution < 1.29 is 0 Å². The molecule has 0 amide bonds. The maximum absolute atomic E-state index is 4.01. The molecule has 0 aromatic carbocycles. The first-order chi connectivity index (χ1) is 6.20. The van der Waals surface area contributed by atoms with E-state index in [2.05, 4.69) is 34.3 Å². The summed E-state index contributed by atoms with van der Waals surface area (Å²) in [7, 11) is 1.88. The van der Waals surface area contributed by atoms with Crippen molar-refractivity contribution in [2.24, 2.45) is 13.0 Å². The smallest absolute Gasteiger partial charge is 0.245 e. The normalized spacial score (nSPS) is 28.4. The number of aryl methyl sites for hydroxylation is 1. The van der Waals surface area contributed by atoms with Gasteiger partial charge in [0.2, 0.25) is 5.95 Å². The van der Waals surface area contributed by atoms with Gasteiger partial charge in [-0.25, -0.2) is 4.68 Å². The molecule has 0 radical (unpaired) electrons. The molecule has 5 nitrogen and oxygen atoms in total. The lowest BCUT2D eigenvalue weighted by molar-refractivity contribution is 0.538. The predicted molar refractivity (Wildman–Crippen MR) is 49.4 cm³/mol. The van der Waals surface area contributed by atoms with E-state index in [1.54, 1.807) is 4.68 Å². The molecule has 2 atom stereocenters. The Labute approximate surface area is 77.7 Å². The van der Waals surface area contributed by atoms with E-state index in [1.165, 1.54) is 6.42 Å². The fraction of sp³-hybridized carbons (Fsp3) is 0.875. The van der Waals surface area contributed by atoms with Gasteiger partial charge in [0.25, 0.3) is 0 Å². The molecular formula is C8H15N5. The lowest BCUT2D eigenvalue weighted by Crippen LogP contribution is -2.31. The Morgan fingerprint density at radius 1 is 1.38 bits per heavy atom. The standard InChI is InChI=1S/C8H15N5/c1-6-4-5-13(7(6)2)8-9-10-11-12(8)3/h6-7H,4-5H2,1-3H3. The van der Waals surface area contributed by atoms with Crippen LogP contribution in [0.5, 0.6) is 0 Å². The van der Waals surface area contributed by atoms with E-state index in [9.17, 15) is 0 Å². The maximum atomic E-state index is 4.01. The SMILES string of the molecule is CC1CCN(c2nnnn2C)C1C. The highest BCUT2D eigenvalue weighted by atomic mass is 15.6. The van der Waals surface area contributed by atoms with Gasteiger partial charge >= 0.3 is 0 Å². The van der Waals surface area contributed by atoms with Crippen LogP contribution in [0.2, 0.25) is 0 Å². The van der Waals surface area contributed by atoms with Gasteiger partial charge in [-0.1, -0.05) is 12.0 Å². The Morgan fingerprint density at radius 3 is 2.62 bits per heavy atom. The van der Waals surface area contributed by atoms with Crippen LogP contribution in [0, 0.1) is 5.92 Å². The second kappa shape index (κ2) is 2.97. The molecule has 0 bridgehead atoms. The van der Waals surface area contributed by atoms with E-state index in [0.717, 1.165) is 18.4 Å². The summed E-state index contributed by atoms with van der Waals surface area (Å²) < 4.78 is 1.73. The Kier molecular flexibility index (Phi) is 1.94. The molecule has 0 N–H and O–H groups in total. The van der Waals surface area contributed by atoms with Crippen molar-refractivity contribution in [1.29, 1.82) is 0 Å². The summed E-state index contributed by atoms with van der Waals surface area (Å²) in [6.07, 6.45) is 1.23. The molecule has 1 aromatic heterocycles. The van der Waals surface area contributed by atoms with Gasteiger partial charge in [0.1, 0.15) is 0 Å². The van der Waals surface area contributed by atoms with E-state index in [1.807, 2.05) is 7.05 Å². The maximum Gasteiger partial charge on any atom is 0.245 e. The fourth-order valence-electron chi connectivity index (χ4n) is 1.84. The number of hydrogen-bond acceptors (Lipinski definition) is 4. The molecule has 0 aliphatic carbocycles. The summed E-state index contributed by atoms with van der Waals surface area (Å²) in [5, 5.41) is 11.5. The van der Waals surface area contributed by atoms with E-state index in [0.29, 0.717) is 6.04 Å². The zero-order chi connectivity index (χ0) is 9.42. The lowest BCUT2D eigenvalue weighted by atomic mass is 10.1. The van der Waals surface area contributed by atoms with Crippen LogP contribution in [0.3, 0.4) is 0 Å². The molecule has 2 heterocycles. The summed E-state index contributed by atoms with van der Waals surface area (Å²) >= 11 is 0. The lowest BCUT2D eigenvalue weighted by Gasteiger charge is -2.22. The highest BCUT2D eigenvalue weighted by molar-refractivity contribution is 5.31.